The third-order valence-corrected chi connectivity index (χ3v) is 2.75. The lowest BCUT2D eigenvalue weighted by molar-refractivity contribution is 0.123. The van der Waals surface area contributed by atoms with Crippen LogP contribution in [-0.4, -0.2) is 34.0 Å². The van der Waals surface area contributed by atoms with E-state index < -0.39 is 0 Å². The van der Waals surface area contributed by atoms with Crippen molar-refractivity contribution in [2.75, 3.05) is 34.0 Å². The van der Waals surface area contributed by atoms with E-state index in [4.69, 9.17) is 14.2 Å². The highest BCUT2D eigenvalue weighted by atomic mass is 16.5. The highest BCUT2D eigenvalue weighted by Gasteiger charge is 2.13. The fraction of sp³-hybridized carbons (Fsp3) is 0.571. The second kappa shape index (κ2) is 7.95. The summed E-state index contributed by atoms with van der Waals surface area (Å²) in [5.74, 6) is 1.49. The van der Waals surface area contributed by atoms with E-state index in [0.717, 1.165) is 30.2 Å². The molecule has 0 bridgehead atoms. The Morgan fingerprint density at radius 1 is 1.11 bits per heavy atom. The molecule has 1 N–H and O–H groups in total. The van der Waals surface area contributed by atoms with Crippen LogP contribution in [0.2, 0.25) is 0 Å². The Labute approximate surface area is 109 Å². The first-order chi connectivity index (χ1) is 8.76. The smallest absolute Gasteiger partial charge is 0.161 e. The third-order valence-electron chi connectivity index (χ3n) is 2.75. The molecule has 1 unspecified atom stereocenters. The molecular formula is C14H23NO3. The van der Waals surface area contributed by atoms with Crippen LogP contribution in [0, 0.1) is 0 Å². The number of ether oxygens (including phenoxy) is 3. The van der Waals surface area contributed by atoms with Crippen LogP contribution in [0.5, 0.6) is 11.5 Å². The van der Waals surface area contributed by atoms with Crippen LogP contribution < -0.4 is 14.8 Å². The van der Waals surface area contributed by atoms with Gasteiger partial charge in [-0.3, -0.25) is 0 Å². The Kier molecular flexibility index (Phi) is 6.54. The van der Waals surface area contributed by atoms with E-state index in [1.807, 2.05) is 25.1 Å². The predicted molar refractivity (Wildman–Crippen MR) is 72.5 cm³/mol. The van der Waals surface area contributed by atoms with Gasteiger partial charge in [0, 0.05) is 6.61 Å². The summed E-state index contributed by atoms with van der Waals surface area (Å²) in [6.07, 6.45) is 0. The van der Waals surface area contributed by atoms with Gasteiger partial charge >= 0.3 is 0 Å². The van der Waals surface area contributed by atoms with Gasteiger partial charge in [-0.25, -0.2) is 0 Å². The first kappa shape index (κ1) is 14.8. The normalized spacial score (nSPS) is 12.2. The standard InChI is InChI=1S/C14H23NO3/c1-5-15-12(10-18-6-2)11-7-8-13(16-3)14(9-11)17-4/h7-9,12,15H,5-6,10H2,1-4H3. The van der Waals surface area contributed by atoms with Crippen molar-refractivity contribution in [2.45, 2.75) is 19.9 Å². The van der Waals surface area contributed by atoms with E-state index in [-0.39, 0.29) is 6.04 Å². The summed E-state index contributed by atoms with van der Waals surface area (Å²) in [6.45, 7) is 6.35. The summed E-state index contributed by atoms with van der Waals surface area (Å²) in [7, 11) is 3.28. The fourth-order valence-corrected chi connectivity index (χ4v) is 1.82. The average molecular weight is 253 g/mol. The van der Waals surface area contributed by atoms with E-state index in [1.165, 1.54) is 0 Å². The van der Waals surface area contributed by atoms with Crippen molar-refractivity contribution in [3.05, 3.63) is 23.8 Å². The third kappa shape index (κ3) is 3.89. The van der Waals surface area contributed by atoms with Gasteiger partial charge in [0.2, 0.25) is 0 Å². The van der Waals surface area contributed by atoms with Gasteiger partial charge in [-0.05, 0) is 31.2 Å². The number of rotatable bonds is 8. The SMILES string of the molecule is CCNC(COCC)c1ccc(OC)c(OC)c1. The summed E-state index contributed by atoms with van der Waals surface area (Å²) in [4.78, 5) is 0. The molecule has 18 heavy (non-hydrogen) atoms. The van der Waals surface area contributed by atoms with Gasteiger partial charge < -0.3 is 19.5 Å². The predicted octanol–water partition coefficient (Wildman–Crippen LogP) is 2.39. The Balaban J connectivity index is 2.89. The molecule has 0 aliphatic rings. The Bertz CT molecular complexity index is 355. The van der Waals surface area contributed by atoms with Crippen molar-refractivity contribution in [1.29, 1.82) is 0 Å². The molecule has 0 spiro atoms. The molecule has 1 rings (SSSR count). The molecule has 0 aromatic heterocycles. The quantitative estimate of drug-likeness (QED) is 0.772. The maximum atomic E-state index is 5.50. The second-order valence-electron chi connectivity index (χ2n) is 3.88. The van der Waals surface area contributed by atoms with Crippen LogP contribution in [0.25, 0.3) is 0 Å². The lowest BCUT2D eigenvalue weighted by Crippen LogP contribution is -2.25. The summed E-state index contributed by atoms with van der Waals surface area (Å²) in [5, 5.41) is 3.40. The summed E-state index contributed by atoms with van der Waals surface area (Å²) < 4.78 is 16.0. The van der Waals surface area contributed by atoms with Crippen molar-refractivity contribution in [2.24, 2.45) is 0 Å². The summed E-state index contributed by atoms with van der Waals surface area (Å²) in [5.41, 5.74) is 1.14. The fourth-order valence-electron chi connectivity index (χ4n) is 1.82. The van der Waals surface area contributed by atoms with E-state index in [9.17, 15) is 0 Å². The largest absolute Gasteiger partial charge is 0.493 e. The number of hydrogen-bond acceptors (Lipinski definition) is 4. The van der Waals surface area contributed by atoms with Gasteiger partial charge in [0.25, 0.3) is 0 Å². The Hall–Kier alpha value is -1.26. The minimum absolute atomic E-state index is 0.176. The molecular weight excluding hydrogens is 230 g/mol. The molecule has 0 amide bonds. The molecule has 0 fully saturated rings. The summed E-state index contributed by atoms with van der Waals surface area (Å²) >= 11 is 0. The van der Waals surface area contributed by atoms with E-state index in [0.29, 0.717) is 6.61 Å². The molecule has 1 aromatic carbocycles. The van der Waals surface area contributed by atoms with Crippen LogP contribution in [-0.2, 0) is 4.74 Å². The molecule has 4 heteroatoms. The monoisotopic (exact) mass is 253 g/mol. The van der Waals surface area contributed by atoms with Gasteiger partial charge in [0.05, 0.1) is 26.9 Å². The van der Waals surface area contributed by atoms with Crippen LogP contribution in [0.4, 0.5) is 0 Å². The number of methoxy groups -OCH3 is 2. The van der Waals surface area contributed by atoms with Crippen molar-refractivity contribution < 1.29 is 14.2 Å². The number of hydrogen-bond donors (Lipinski definition) is 1. The van der Waals surface area contributed by atoms with E-state index in [2.05, 4.69) is 12.2 Å². The highest BCUT2D eigenvalue weighted by Crippen LogP contribution is 2.30. The zero-order chi connectivity index (χ0) is 13.4. The molecule has 102 valence electrons. The van der Waals surface area contributed by atoms with E-state index >= 15 is 0 Å². The van der Waals surface area contributed by atoms with Gasteiger partial charge in [0.1, 0.15) is 0 Å². The summed E-state index contributed by atoms with van der Waals surface area (Å²) in [6, 6.07) is 6.12. The lowest BCUT2D eigenvalue weighted by atomic mass is 10.1. The lowest BCUT2D eigenvalue weighted by Gasteiger charge is -2.19. The topological polar surface area (TPSA) is 39.7 Å². The molecule has 0 saturated carbocycles. The highest BCUT2D eigenvalue weighted by molar-refractivity contribution is 5.43. The Morgan fingerprint density at radius 3 is 2.39 bits per heavy atom. The molecule has 0 radical (unpaired) electrons. The molecule has 0 heterocycles. The number of likely N-dealkylation sites (N-methyl/N-ethyl adjacent to an activating group) is 1. The zero-order valence-corrected chi connectivity index (χ0v) is 11.7. The minimum Gasteiger partial charge on any atom is -0.493 e. The van der Waals surface area contributed by atoms with Crippen molar-refractivity contribution in [3.8, 4) is 11.5 Å². The van der Waals surface area contributed by atoms with Crippen molar-refractivity contribution >= 4 is 0 Å². The van der Waals surface area contributed by atoms with Gasteiger partial charge in [-0.2, -0.15) is 0 Å². The Morgan fingerprint density at radius 2 is 1.83 bits per heavy atom. The van der Waals surface area contributed by atoms with Gasteiger partial charge in [-0.15, -0.1) is 0 Å². The first-order valence-electron chi connectivity index (χ1n) is 6.29. The van der Waals surface area contributed by atoms with E-state index in [1.54, 1.807) is 14.2 Å². The molecule has 0 aliphatic heterocycles. The van der Waals surface area contributed by atoms with Crippen LogP contribution >= 0.6 is 0 Å². The maximum Gasteiger partial charge on any atom is 0.161 e. The number of nitrogens with one attached hydrogen (secondary N) is 1. The van der Waals surface area contributed by atoms with Crippen molar-refractivity contribution in [1.82, 2.24) is 5.32 Å². The number of benzene rings is 1. The zero-order valence-electron chi connectivity index (χ0n) is 11.7. The molecule has 1 atom stereocenters. The minimum atomic E-state index is 0.176. The molecule has 1 aromatic rings. The van der Waals surface area contributed by atoms with Crippen LogP contribution in [0.15, 0.2) is 18.2 Å². The molecule has 0 saturated heterocycles. The molecule has 4 nitrogen and oxygen atoms in total. The average Bonchev–Trinajstić information content (AvgIpc) is 2.42. The molecule has 0 aliphatic carbocycles. The van der Waals surface area contributed by atoms with Crippen molar-refractivity contribution in [3.63, 3.8) is 0 Å². The maximum absolute atomic E-state index is 5.50. The second-order valence-corrected chi connectivity index (χ2v) is 3.88. The van der Waals surface area contributed by atoms with Gasteiger partial charge in [-0.1, -0.05) is 13.0 Å². The van der Waals surface area contributed by atoms with Gasteiger partial charge in [0.15, 0.2) is 11.5 Å². The first-order valence-corrected chi connectivity index (χ1v) is 6.29. The van der Waals surface area contributed by atoms with Crippen LogP contribution in [0.3, 0.4) is 0 Å². The van der Waals surface area contributed by atoms with Crippen LogP contribution in [0.1, 0.15) is 25.5 Å².